The summed E-state index contributed by atoms with van der Waals surface area (Å²) < 4.78 is 15.5. The maximum absolute atomic E-state index is 11.4. The van der Waals surface area contributed by atoms with E-state index in [1.165, 1.54) is 0 Å². The summed E-state index contributed by atoms with van der Waals surface area (Å²) in [5.74, 6) is -0.383. The van der Waals surface area contributed by atoms with Crippen molar-refractivity contribution in [3.63, 3.8) is 0 Å². The quantitative estimate of drug-likeness (QED) is 0.462. The molecule has 0 spiro atoms. The molecule has 17 heavy (non-hydrogen) atoms. The molecule has 5 heteroatoms. The standard InChI is InChI=1S/C12H25NO4/c1-4-7-15-9-10-16-8-6-12(3,13)11(14)17-5-2/h4-10,13H2,1-3H3. The molecule has 0 aromatic carbocycles. The van der Waals surface area contributed by atoms with Crippen LogP contribution in [0.25, 0.3) is 0 Å². The van der Waals surface area contributed by atoms with Crippen LogP contribution >= 0.6 is 0 Å². The first kappa shape index (κ1) is 16.4. The lowest BCUT2D eigenvalue weighted by molar-refractivity contribution is -0.149. The SMILES string of the molecule is CCCOCCOCCC(C)(N)C(=O)OCC. The van der Waals surface area contributed by atoms with E-state index in [0.29, 0.717) is 32.8 Å². The molecule has 0 radical (unpaired) electrons. The number of ether oxygens (including phenoxy) is 3. The molecule has 0 aliphatic heterocycles. The Hall–Kier alpha value is -0.650. The third-order valence-electron chi connectivity index (χ3n) is 2.23. The number of hydrogen-bond donors (Lipinski definition) is 1. The first-order chi connectivity index (χ1) is 8.04. The lowest BCUT2D eigenvalue weighted by atomic mass is 10.0. The van der Waals surface area contributed by atoms with Gasteiger partial charge in [-0.3, -0.25) is 4.79 Å². The Kier molecular flexibility index (Phi) is 9.03. The van der Waals surface area contributed by atoms with Crippen molar-refractivity contribution in [3.05, 3.63) is 0 Å². The Morgan fingerprint density at radius 2 is 1.71 bits per heavy atom. The lowest BCUT2D eigenvalue weighted by Crippen LogP contribution is -2.47. The minimum Gasteiger partial charge on any atom is -0.465 e. The summed E-state index contributed by atoms with van der Waals surface area (Å²) in [6.45, 7) is 8.10. The van der Waals surface area contributed by atoms with Gasteiger partial charge in [0.25, 0.3) is 0 Å². The normalized spacial score (nSPS) is 14.4. The molecule has 0 saturated heterocycles. The van der Waals surface area contributed by atoms with Gasteiger partial charge in [-0.05, 0) is 26.7 Å². The van der Waals surface area contributed by atoms with E-state index in [1.54, 1.807) is 13.8 Å². The summed E-state index contributed by atoms with van der Waals surface area (Å²) in [6.07, 6.45) is 1.45. The zero-order valence-corrected chi connectivity index (χ0v) is 11.2. The molecule has 5 nitrogen and oxygen atoms in total. The number of hydrogen-bond acceptors (Lipinski definition) is 5. The summed E-state index contributed by atoms with van der Waals surface area (Å²) in [4.78, 5) is 11.4. The molecule has 0 heterocycles. The van der Waals surface area contributed by atoms with Gasteiger partial charge in [-0.2, -0.15) is 0 Å². The number of esters is 1. The van der Waals surface area contributed by atoms with Gasteiger partial charge in [-0.15, -0.1) is 0 Å². The molecule has 1 unspecified atom stereocenters. The Morgan fingerprint density at radius 1 is 1.12 bits per heavy atom. The Morgan fingerprint density at radius 3 is 2.24 bits per heavy atom. The van der Waals surface area contributed by atoms with Crippen LogP contribution in [0.1, 0.15) is 33.6 Å². The summed E-state index contributed by atoms with van der Waals surface area (Å²) in [5, 5.41) is 0. The smallest absolute Gasteiger partial charge is 0.325 e. The first-order valence-electron chi connectivity index (χ1n) is 6.16. The monoisotopic (exact) mass is 247 g/mol. The van der Waals surface area contributed by atoms with Crippen molar-refractivity contribution in [2.75, 3.05) is 33.0 Å². The van der Waals surface area contributed by atoms with Gasteiger partial charge in [-0.1, -0.05) is 6.92 Å². The van der Waals surface area contributed by atoms with Gasteiger partial charge in [0.15, 0.2) is 0 Å². The topological polar surface area (TPSA) is 70.8 Å². The van der Waals surface area contributed by atoms with Gasteiger partial charge >= 0.3 is 5.97 Å². The van der Waals surface area contributed by atoms with E-state index in [1.807, 2.05) is 0 Å². The third kappa shape index (κ3) is 8.12. The molecule has 1 atom stereocenters. The van der Waals surface area contributed by atoms with Crippen LogP contribution in [0.2, 0.25) is 0 Å². The van der Waals surface area contributed by atoms with Crippen molar-refractivity contribution >= 4 is 5.97 Å². The van der Waals surface area contributed by atoms with Gasteiger partial charge in [0.1, 0.15) is 5.54 Å². The second kappa shape index (κ2) is 9.39. The number of rotatable bonds is 10. The van der Waals surface area contributed by atoms with E-state index in [-0.39, 0.29) is 5.97 Å². The lowest BCUT2D eigenvalue weighted by Gasteiger charge is -2.21. The summed E-state index contributed by atoms with van der Waals surface area (Å²) in [6, 6.07) is 0. The van der Waals surface area contributed by atoms with Gasteiger partial charge in [0, 0.05) is 13.2 Å². The Labute approximate surface area is 104 Å². The maximum Gasteiger partial charge on any atom is 0.325 e. The van der Waals surface area contributed by atoms with E-state index >= 15 is 0 Å². The molecule has 2 N–H and O–H groups in total. The Balaban J connectivity index is 3.55. The van der Waals surface area contributed by atoms with Crippen molar-refractivity contribution in [1.82, 2.24) is 0 Å². The molecule has 0 bridgehead atoms. The predicted molar refractivity (Wildman–Crippen MR) is 65.8 cm³/mol. The first-order valence-corrected chi connectivity index (χ1v) is 6.16. The molecule has 102 valence electrons. The van der Waals surface area contributed by atoms with Gasteiger partial charge in [0.05, 0.1) is 19.8 Å². The second-order valence-electron chi connectivity index (χ2n) is 4.11. The molecular weight excluding hydrogens is 222 g/mol. The minimum absolute atomic E-state index is 0.345. The highest BCUT2D eigenvalue weighted by molar-refractivity contribution is 5.79. The average molecular weight is 247 g/mol. The van der Waals surface area contributed by atoms with Crippen LogP contribution in [0.15, 0.2) is 0 Å². The zero-order valence-electron chi connectivity index (χ0n) is 11.2. The van der Waals surface area contributed by atoms with Crippen LogP contribution in [0.3, 0.4) is 0 Å². The zero-order chi connectivity index (χ0) is 13.1. The van der Waals surface area contributed by atoms with Crippen LogP contribution in [-0.4, -0.2) is 44.5 Å². The van der Waals surface area contributed by atoms with E-state index in [4.69, 9.17) is 19.9 Å². The van der Waals surface area contributed by atoms with Crippen LogP contribution < -0.4 is 5.73 Å². The molecule has 0 aromatic heterocycles. The van der Waals surface area contributed by atoms with Crippen molar-refractivity contribution < 1.29 is 19.0 Å². The fourth-order valence-electron chi connectivity index (χ4n) is 1.15. The number of nitrogens with two attached hydrogens (primary N) is 1. The van der Waals surface area contributed by atoms with E-state index in [0.717, 1.165) is 13.0 Å². The molecule has 0 aliphatic rings. The van der Waals surface area contributed by atoms with E-state index in [2.05, 4.69) is 6.92 Å². The van der Waals surface area contributed by atoms with Crippen LogP contribution in [0.4, 0.5) is 0 Å². The largest absolute Gasteiger partial charge is 0.465 e. The highest BCUT2D eigenvalue weighted by atomic mass is 16.5. The van der Waals surface area contributed by atoms with Crippen molar-refractivity contribution in [2.24, 2.45) is 5.73 Å². The molecule has 0 saturated carbocycles. The van der Waals surface area contributed by atoms with Crippen molar-refractivity contribution in [1.29, 1.82) is 0 Å². The molecular formula is C12H25NO4. The molecule has 0 aliphatic carbocycles. The highest BCUT2D eigenvalue weighted by Gasteiger charge is 2.29. The summed E-state index contributed by atoms with van der Waals surface area (Å²) >= 11 is 0. The minimum atomic E-state index is -0.972. The average Bonchev–Trinajstić information content (AvgIpc) is 2.28. The molecule has 0 amide bonds. The van der Waals surface area contributed by atoms with E-state index < -0.39 is 5.54 Å². The van der Waals surface area contributed by atoms with Crippen LogP contribution in [-0.2, 0) is 19.0 Å². The maximum atomic E-state index is 11.4. The fraction of sp³-hybridized carbons (Fsp3) is 0.917. The predicted octanol–water partition coefficient (Wildman–Crippen LogP) is 1.10. The number of carbonyl (C=O) groups is 1. The summed E-state index contributed by atoms with van der Waals surface area (Å²) in [5.41, 5.74) is 4.85. The van der Waals surface area contributed by atoms with Gasteiger partial charge in [-0.25, -0.2) is 0 Å². The highest BCUT2D eigenvalue weighted by Crippen LogP contribution is 2.08. The Bertz CT molecular complexity index is 207. The van der Waals surface area contributed by atoms with Crippen LogP contribution in [0, 0.1) is 0 Å². The number of carbonyl (C=O) groups excluding carboxylic acids is 1. The van der Waals surface area contributed by atoms with Crippen molar-refractivity contribution in [3.8, 4) is 0 Å². The van der Waals surface area contributed by atoms with Gasteiger partial charge in [0.2, 0.25) is 0 Å². The van der Waals surface area contributed by atoms with Crippen LogP contribution in [0.5, 0.6) is 0 Å². The van der Waals surface area contributed by atoms with Crippen molar-refractivity contribution in [2.45, 2.75) is 39.2 Å². The molecule has 0 aromatic rings. The second-order valence-corrected chi connectivity index (χ2v) is 4.11. The van der Waals surface area contributed by atoms with Gasteiger partial charge < -0.3 is 19.9 Å². The third-order valence-corrected chi connectivity index (χ3v) is 2.23. The molecule has 0 fully saturated rings. The fourth-order valence-corrected chi connectivity index (χ4v) is 1.15. The summed E-state index contributed by atoms with van der Waals surface area (Å²) in [7, 11) is 0. The van der Waals surface area contributed by atoms with E-state index in [9.17, 15) is 4.79 Å². The molecule has 0 rings (SSSR count).